The van der Waals surface area contributed by atoms with Crippen molar-refractivity contribution >= 4 is 11.5 Å². The van der Waals surface area contributed by atoms with Crippen molar-refractivity contribution in [2.45, 2.75) is 20.8 Å². The Balaban J connectivity index is 1.84. The Kier molecular flexibility index (Phi) is 4.28. The number of pyridine rings is 1. The number of nitrogens with zero attached hydrogens (tertiary/aromatic N) is 3. The molecular formula is C14H19N5. The fourth-order valence-corrected chi connectivity index (χ4v) is 1.77. The van der Waals surface area contributed by atoms with E-state index in [-0.39, 0.29) is 0 Å². The van der Waals surface area contributed by atoms with Gasteiger partial charge >= 0.3 is 0 Å². The first kappa shape index (κ1) is 13.3. The maximum Gasteiger partial charge on any atom is 0.132 e. The highest BCUT2D eigenvalue weighted by Crippen LogP contribution is 2.13. The van der Waals surface area contributed by atoms with Gasteiger partial charge < -0.3 is 10.6 Å². The van der Waals surface area contributed by atoms with Crippen molar-refractivity contribution in [2.75, 3.05) is 23.7 Å². The fraction of sp³-hybridized carbons (Fsp3) is 0.357. The van der Waals surface area contributed by atoms with Crippen LogP contribution in [0, 0.1) is 20.8 Å². The fourth-order valence-electron chi connectivity index (χ4n) is 1.77. The molecular weight excluding hydrogens is 238 g/mol. The molecule has 0 saturated carbocycles. The molecule has 2 aromatic heterocycles. The summed E-state index contributed by atoms with van der Waals surface area (Å²) in [5, 5.41) is 6.69. The Morgan fingerprint density at radius 1 is 1.05 bits per heavy atom. The maximum absolute atomic E-state index is 4.24. The van der Waals surface area contributed by atoms with Gasteiger partial charge in [0.1, 0.15) is 12.1 Å². The molecule has 100 valence electrons. The second-order valence-electron chi connectivity index (χ2n) is 4.48. The van der Waals surface area contributed by atoms with Gasteiger partial charge in [0.25, 0.3) is 0 Å². The van der Waals surface area contributed by atoms with Crippen molar-refractivity contribution in [3.8, 4) is 0 Å². The zero-order valence-electron chi connectivity index (χ0n) is 11.6. The van der Waals surface area contributed by atoms with Gasteiger partial charge in [-0.05, 0) is 32.4 Å². The van der Waals surface area contributed by atoms with E-state index in [1.807, 2.05) is 33.0 Å². The van der Waals surface area contributed by atoms with E-state index in [2.05, 4.69) is 25.6 Å². The topological polar surface area (TPSA) is 62.7 Å². The average molecular weight is 257 g/mol. The third-order valence-corrected chi connectivity index (χ3v) is 3.09. The zero-order valence-corrected chi connectivity index (χ0v) is 11.6. The molecule has 0 bridgehead atoms. The molecule has 2 heterocycles. The van der Waals surface area contributed by atoms with Crippen LogP contribution in [0.15, 0.2) is 24.8 Å². The molecule has 0 amide bonds. The summed E-state index contributed by atoms with van der Waals surface area (Å²) in [7, 11) is 0. The number of aryl methyl sites for hydroxylation is 2. The zero-order chi connectivity index (χ0) is 13.7. The summed E-state index contributed by atoms with van der Waals surface area (Å²) in [4.78, 5) is 12.5. The molecule has 0 radical (unpaired) electrons. The van der Waals surface area contributed by atoms with Gasteiger partial charge in [-0.1, -0.05) is 0 Å². The van der Waals surface area contributed by atoms with Crippen molar-refractivity contribution in [2.24, 2.45) is 0 Å². The SMILES string of the molecule is Cc1cnccc1NCCNc1ncnc(C)c1C. The van der Waals surface area contributed by atoms with Crippen LogP contribution >= 0.6 is 0 Å². The van der Waals surface area contributed by atoms with Gasteiger partial charge in [0.15, 0.2) is 0 Å². The smallest absolute Gasteiger partial charge is 0.132 e. The van der Waals surface area contributed by atoms with Crippen LogP contribution in [0.3, 0.4) is 0 Å². The first-order valence-corrected chi connectivity index (χ1v) is 6.35. The lowest BCUT2D eigenvalue weighted by Crippen LogP contribution is -2.16. The van der Waals surface area contributed by atoms with Crippen molar-refractivity contribution in [1.29, 1.82) is 0 Å². The molecule has 0 spiro atoms. The highest BCUT2D eigenvalue weighted by molar-refractivity contribution is 5.49. The second-order valence-corrected chi connectivity index (χ2v) is 4.48. The number of aromatic nitrogens is 3. The van der Waals surface area contributed by atoms with Crippen LogP contribution in [0.1, 0.15) is 16.8 Å². The molecule has 0 aliphatic carbocycles. The van der Waals surface area contributed by atoms with Gasteiger partial charge in [-0.2, -0.15) is 0 Å². The van der Waals surface area contributed by atoms with Crippen LogP contribution in [-0.2, 0) is 0 Å². The minimum Gasteiger partial charge on any atom is -0.383 e. The van der Waals surface area contributed by atoms with E-state index in [1.165, 1.54) is 0 Å². The molecule has 0 unspecified atom stereocenters. The summed E-state index contributed by atoms with van der Waals surface area (Å²) in [5.74, 6) is 0.903. The molecule has 2 N–H and O–H groups in total. The van der Waals surface area contributed by atoms with E-state index in [9.17, 15) is 0 Å². The highest BCUT2D eigenvalue weighted by atomic mass is 15.0. The summed E-state index contributed by atoms with van der Waals surface area (Å²) in [6, 6.07) is 1.98. The van der Waals surface area contributed by atoms with Crippen LogP contribution in [0.2, 0.25) is 0 Å². The number of rotatable bonds is 5. The molecule has 0 fully saturated rings. The average Bonchev–Trinajstić information content (AvgIpc) is 2.41. The Labute approximate surface area is 113 Å². The van der Waals surface area contributed by atoms with Crippen molar-refractivity contribution in [3.63, 3.8) is 0 Å². The predicted molar refractivity (Wildman–Crippen MR) is 77.5 cm³/mol. The first-order valence-electron chi connectivity index (χ1n) is 6.35. The molecule has 0 atom stereocenters. The molecule has 19 heavy (non-hydrogen) atoms. The molecule has 0 aliphatic rings. The highest BCUT2D eigenvalue weighted by Gasteiger charge is 2.02. The van der Waals surface area contributed by atoms with E-state index < -0.39 is 0 Å². The van der Waals surface area contributed by atoms with Crippen LogP contribution in [-0.4, -0.2) is 28.0 Å². The molecule has 0 aliphatic heterocycles. The molecule has 0 saturated heterocycles. The second kappa shape index (κ2) is 6.13. The number of anilines is 2. The lowest BCUT2D eigenvalue weighted by Gasteiger charge is -2.11. The van der Waals surface area contributed by atoms with E-state index >= 15 is 0 Å². The van der Waals surface area contributed by atoms with Gasteiger partial charge in [0.05, 0.1) is 0 Å². The third-order valence-electron chi connectivity index (χ3n) is 3.09. The number of nitrogens with one attached hydrogen (secondary N) is 2. The van der Waals surface area contributed by atoms with Gasteiger partial charge in [-0.25, -0.2) is 9.97 Å². The lowest BCUT2D eigenvalue weighted by atomic mass is 10.2. The van der Waals surface area contributed by atoms with Crippen molar-refractivity contribution in [1.82, 2.24) is 15.0 Å². The van der Waals surface area contributed by atoms with E-state index in [1.54, 1.807) is 12.5 Å². The summed E-state index contributed by atoms with van der Waals surface area (Å²) in [6.45, 7) is 7.69. The predicted octanol–water partition coefficient (Wildman–Crippen LogP) is 2.32. The summed E-state index contributed by atoms with van der Waals surface area (Å²) < 4.78 is 0. The van der Waals surface area contributed by atoms with Crippen LogP contribution in [0.25, 0.3) is 0 Å². The first-order chi connectivity index (χ1) is 9.18. The monoisotopic (exact) mass is 257 g/mol. The van der Waals surface area contributed by atoms with E-state index in [0.717, 1.165) is 41.4 Å². The minimum absolute atomic E-state index is 0.805. The summed E-state index contributed by atoms with van der Waals surface area (Å²) >= 11 is 0. The molecule has 5 nitrogen and oxygen atoms in total. The van der Waals surface area contributed by atoms with Gasteiger partial charge in [0, 0.05) is 42.4 Å². The molecule has 2 aromatic rings. The van der Waals surface area contributed by atoms with Crippen molar-refractivity contribution < 1.29 is 0 Å². The Morgan fingerprint density at radius 3 is 2.63 bits per heavy atom. The maximum atomic E-state index is 4.24. The van der Waals surface area contributed by atoms with Crippen LogP contribution in [0.4, 0.5) is 11.5 Å². The van der Waals surface area contributed by atoms with E-state index in [0.29, 0.717) is 0 Å². The Bertz CT molecular complexity index is 553. The Morgan fingerprint density at radius 2 is 1.84 bits per heavy atom. The number of hydrogen-bond donors (Lipinski definition) is 2. The molecule has 0 aromatic carbocycles. The lowest BCUT2D eigenvalue weighted by molar-refractivity contribution is 1.01. The normalized spacial score (nSPS) is 10.3. The third kappa shape index (κ3) is 3.40. The standard InChI is InChI=1S/C14H19N5/c1-10-8-15-5-4-13(10)16-6-7-17-14-11(2)12(3)18-9-19-14/h4-5,8-9H,6-7H2,1-3H3,(H,15,16)(H,17,18,19). The van der Waals surface area contributed by atoms with Gasteiger partial charge in [-0.15, -0.1) is 0 Å². The minimum atomic E-state index is 0.805. The van der Waals surface area contributed by atoms with Gasteiger partial charge in [0.2, 0.25) is 0 Å². The van der Waals surface area contributed by atoms with Crippen LogP contribution in [0.5, 0.6) is 0 Å². The molecule has 2 rings (SSSR count). The van der Waals surface area contributed by atoms with Crippen molar-refractivity contribution in [3.05, 3.63) is 41.6 Å². The summed E-state index contributed by atoms with van der Waals surface area (Å²) in [5.41, 5.74) is 4.38. The van der Waals surface area contributed by atoms with Crippen LogP contribution < -0.4 is 10.6 Å². The van der Waals surface area contributed by atoms with Gasteiger partial charge in [-0.3, -0.25) is 4.98 Å². The summed E-state index contributed by atoms with van der Waals surface area (Å²) in [6.07, 6.45) is 5.24. The van der Waals surface area contributed by atoms with E-state index in [4.69, 9.17) is 0 Å². The largest absolute Gasteiger partial charge is 0.383 e. The quantitative estimate of drug-likeness (QED) is 0.805. The number of hydrogen-bond acceptors (Lipinski definition) is 5. The Hall–Kier alpha value is -2.17. The molecule has 5 heteroatoms.